The first-order valence-electron chi connectivity index (χ1n) is 9.70. The van der Waals surface area contributed by atoms with Gasteiger partial charge >= 0.3 is 6.09 Å². The van der Waals surface area contributed by atoms with Gasteiger partial charge in [-0.15, -0.1) is 35.3 Å². The van der Waals surface area contributed by atoms with Crippen LogP contribution >= 0.6 is 35.3 Å². The fraction of sp³-hybridized carbons (Fsp3) is 0.750. The average Bonchev–Trinajstić information content (AvgIpc) is 2.96. The number of rotatable bonds is 6. The second-order valence-electron chi connectivity index (χ2n) is 9.44. The Bertz CT molecular complexity index is 675. The van der Waals surface area contributed by atoms with Gasteiger partial charge in [0.1, 0.15) is 10.6 Å². The lowest BCUT2D eigenvalue weighted by Crippen LogP contribution is -2.54. The van der Waals surface area contributed by atoms with Crippen LogP contribution in [0.4, 0.5) is 4.79 Å². The molecule has 168 valence electrons. The second kappa shape index (κ2) is 11.3. The van der Waals surface area contributed by atoms with Gasteiger partial charge in [-0.25, -0.2) is 14.8 Å². The molecule has 1 aromatic heterocycles. The van der Waals surface area contributed by atoms with Crippen molar-refractivity contribution in [3.63, 3.8) is 0 Å². The Kier molecular flexibility index (Phi) is 10.9. The maximum atomic E-state index is 12.0. The van der Waals surface area contributed by atoms with E-state index in [1.165, 1.54) is 0 Å². The van der Waals surface area contributed by atoms with Crippen LogP contribution in [-0.4, -0.2) is 41.3 Å². The highest BCUT2D eigenvalue weighted by atomic mass is 127. The van der Waals surface area contributed by atoms with E-state index < -0.39 is 17.2 Å². The van der Waals surface area contributed by atoms with Gasteiger partial charge < -0.3 is 20.7 Å². The number of hydrogen-bond donors (Lipinski definition) is 3. The van der Waals surface area contributed by atoms with Crippen LogP contribution in [0.5, 0.6) is 0 Å². The van der Waals surface area contributed by atoms with Crippen molar-refractivity contribution in [1.29, 1.82) is 0 Å². The van der Waals surface area contributed by atoms with Crippen molar-refractivity contribution < 1.29 is 9.53 Å². The Morgan fingerprint density at radius 3 is 2.24 bits per heavy atom. The Labute approximate surface area is 196 Å². The first-order valence-corrected chi connectivity index (χ1v) is 10.6. The third-order valence-corrected chi connectivity index (χ3v) is 4.41. The fourth-order valence-electron chi connectivity index (χ4n) is 2.15. The molecular weight excluding hydrogens is 501 g/mol. The molecule has 1 rings (SSSR count). The lowest BCUT2D eigenvalue weighted by Gasteiger charge is -2.29. The molecule has 0 bridgehead atoms. The Morgan fingerprint density at radius 1 is 1.14 bits per heavy atom. The van der Waals surface area contributed by atoms with Gasteiger partial charge in [0.25, 0.3) is 0 Å². The summed E-state index contributed by atoms with van der Waals surface area (Å²) in [6.45, 7) is 19.6. The maximum Gasteiger partial charge on any atom is 0.408 e. The molecule has 0 atom stereocenters. The number of hydrogen-bond acceptors (Lipinski definition) is 5. The number of carbonyl (C=O) groups excluding carboxylic acids is 1. The van der Waals surface area contributed by atoms with Crippen LogP contribution in [0.15, 0.2) is 10.4 Å². The minimum Gasteiger partial charge on any atom is -0.444 e. The van der Waals surface area contributed by atoms with Gasteiger partial charge in [0.05, 0.1) is 17.8 Å². The second-order valence-corrected chi connectivity index (χ2v) is 10.4. The molecule has 1 heterocycles. The number of ether oxygens (including phenoxy) is 1. The first-order chi connectivity index (χ1) is 12.7. The fourth-order valence-corrected chi connectivity index (χ4v) is 3.09. The molecule has 0 aliphatic rings. The maximum absolute atomic E-state index is 12.0. The number of aliphatic imine (C=N–C) groups is 1. The number of aromatic nitrogens is 1. The number of thiazole rings is 1. The molecule has 9 heteroatoms. The molecular formula is C20H38IN5O2S. The molecule has 0 saturated carbocycles. The standard InChI is InChI=1S/C20H37N5O2S.HI/c1-10-21-16(22-11-15-24-14(12-28-15)18(2,3)4)23-13-20(8,9)25-17(26)27-19(5,6)7;/h12H,10-11,13H2,1-9H3,(H,25,26)(H2,21,22,23);1H. The molecule has 29 heavy (non-hydrogen) atoms. The zero-order chi connectivity index (χ0) is 21.6. The number of halogens is 1. The highest BCUT2D eigenvalue weighted by Crippen LogP contribution is 2.24. The van der Waals surface area contributed by atoms with Gasteiger partial charge in [-0.3, -0.25) is 0 Å². The van der Waals surface area contributed by atoms with E-state index in [4.69, 9.17) is 4.74 Å². The summed E-state index contributed by atoms with van der Waals surface area (Å²) in [7, 11) is 0. The van der Waals surface area contributed by atoms with Crippen LogP contribution in [-0.2, 0) is 16.7 Å². The zero-order valence-corrected chi connectivity index (χ0v) is 22.4. The van der Waals surface area contributed by atoms with Crippen LogP contribution in [0.1, 0.15) is 73.0 Å². The summed E-state index contributed by atoms with van der Waals surface area (Å²) in [4.78, 5) is 21.3. The van der Waals surface area contributed by atoms with E-state index in [1.807, 2.05) is 41.5 Å². The van der Waals surface area contributed by atoms with E-state index in [0.717, 1.165) is 17.2 Å². The number of nitrogens with zero attached hydrogens (tertiary/aromatic N) is 2. The summed E-state index contributed by atoms with van der Waals surface area (Å²) in [5.74, 6) is 0.689. The molecule has 0 saturated heterocycles. The summed E-state index contributed by atoms with van der Waals surface area (Å²) < 4.78 is 5.33. The van der Waals surface area contributed by atoms with Crippen molar-refractivity contribution in [2.24, 2.45) is 4.99 Å². The number of amides is 1. The van der Waals surface area contributed by atoms with Gasteiger partial charge in [0.15, 0.2) is 5.96 Å². The van der Waals surface area contributed by atoms with Crippen molar-refractivity contribution >= 4 is 47.4 Å². The lowest BCUT2D eigenvalue weighted by atomic mass is 9.93. The molecule has 0 aliphatic heterocycles. The molecule has 3 N–H and O–H groups in total. The summed E-state index contributed by atoms with van der Waals surface area (Å²) in [5, 5.41) is 12.5. The highest BCUT2D eigenvalue weighted by Gasteiger charge is 2.25. The van der Waals surface area contributed by atoms with Gasteiger partial charge in [-0.2, -0.15) is 0 Å². The SMILES string of the molecule is CCNC(=NCc1nc(C(C)(C)C)cs1)NCC(C)(C)NC(=O)OC(C)(C)C.I. The number of guanidine groups is 1. The van der Waals surface area contributed by atoms with Crippen LogP contribution in [0, 0.1) is 0 Å². The third kappa shape index (κ3) is 11.6. The van der Waals surface area contributed by atoms with Gasteiger partial charge in [-0.1, -0.05) is 20.8 Å². The minimum absolute atomic E-state index is 0. The van der Waals surface area contributed by atoms with E-state index in [-0.39, 0.29) is 29.4 Å². The Morgan fingerprint density at radius 2 is 1.76 bits per heavy atom. The van der Waals surface area contributed by atoms with E-state index in [0.29, 0.717) is 19.0 Å². The van der Waals surface area contributed by atoms with E-state index >= 15 is 0 Å². The normalized spacial score (nSPS) is 12.8. The Hall–Kier alpha value is -1.10. The minimum atomic E-state index is -0.524. The van der Waals surface area contributed by atoms with Gasteiger partial charge in [-0.05, 0) is 41.5 Å². The van der Waals surface area contributed by atoms with Crippen LogP contribution in [0.2, 0.25) is 0 Å². The summed E-state index contributed by atoms with van der Waals surface area (Å²) in [5.41, 5.74) is 0.102. The molecule has 0 fully saturated rings. The smallest absolute Gasteiger partial charge is 0.408 e. The van der Waals surface area contributed by atoms with Crippen molar-refractivity contribution in [1.82, 2.24) is 20.9 Å². The van der Waals surface area contributed by atoms with E-state index in [1.54, 1.807) is 11.3 Å². The topological polar surface area (TPSA) is 87.6 Å². The van der Waals surface area contributed by atoms with Crippen LogP contribution in [0.25, 0.3) is 0 Å². The summed E-state index contributed by atoms with van der Waals surface area (Å²) >= 11 is 1.63. The quantitative estimate of drug-likeness (QED) is 0.283. The van der Waals surface area contributed by atoms with E-state index in [9.17, 15) is 4.79 Å². The Balaban J connectivity index is 0.00000784. The molecule has 0 spiro atoms. The molecule has 0 aliphatic carbocycles. The van der Waals surface area contributed by atoms with Crippen molar-refractivity contribution in [3.05, 3.63) is 16.1 Å². The molecule has 7 nitrogen and oxygen atoms in total. The zero-order valence-electron chi connectivity index (χ0n) is 19.2. The summed E-state index contributed by atoms with van der Waals surface area (Å²) in [6, 6.07) is 0. The molecule has 1 aromatic rings. The van der Waals surface area contributed by atoms with Gasteiger partial charge in [0.2, 0.25) is 0 Å². The molecule has 0 radical (unpaired) electrons. The number of nitrogens with one attached hydrogen (secondary N) is 3. The highest BCUT2D eigenvalue weighted by molar-refractivity contribution is 14.0. The van der Waals surface area contributed by atoms with Gasteiger partial charge in [0, 0.05) is 23.9 Å². The predicted octanol–water partition coefficient (Wildman–Crippen LogP) is 4.42. The lowest BCUT2D eigenvalue weighted by molar-refractivity contribution is 0.0474. The van der Waals surface area contributed by atoms with Crippen LogP contribution < -0.4 is 16.0 Å². The monoisotopic (exact) mass is 539 g/mol. The van der Waals surface area contributed by atoms with Crippen molar-refractivity contribution in [2.75, 3.05) is 13.1 Å². The predicted molar refractivity (Wildman–Crippen MR) is 132 cm³/mol. The van der Waals surface area contributed by atoms with Crippen molar-refractivity contribution in [3.8, 4) is 0 Å². The summed E-state index contributed by atoms with van der Waals surface area (Å²) in [6.07, 6.45) is -0.432. The first kappa shape index (κ1) is 27.9. The molecule has 1 amide bonds. The number of carbonyl (C=O) groups is 1. The third-order valence-electron chi connectivity index (χ3n) is 3.57. The molecule has 0 aromatic carbocycles. The van der Waals surface area contributed by atoms with E-state index in [2.05, 4.69) is 52.1 Å². The average molecular weight is 540 g/mol. The number of alkyl carbamates (subject to hydrolysis) is 1. The van der Waals surface area contributed by atoms with Crippen molar-refractivity contribution in [2.45, 2.75) is 85.4 Å². The largest absolute Gasteiger partial charge is 0.444 e. The molecule has 0 unspecified atom stereocenters. The van der Waals surface area contributed by atoms with Crippen LogP contribution in [0.3, 0.4) is 0 Å².